The summed E-state index contributed by atoms with van der Waals surface area (Å²) in [6, 6.07) is 6.54. The molecule has 0 aliphatic rings. The summed E-state index contributed by atoms with van der Waals surface area (Å²) in [4.78, 5) is 0. The minimum Gasteiger partial charge on any atom is -0.494 e. The number of hydrogen-bond acceptors (Lipinski definition) is 5. The summed E-state index contributed by atoms with van der Waals surface area (Å²) in [6.45, 7) is 0.557. The van der Waals surface area contributed by atoms with Crippen molar-refractivity contribution < 1.29 is 25.2 Å². The van der Waals surface area contributed by atoms with E-state index in [1.165, 1.54) is 0 Å². The van der Waals surface area contributed by atoms with Gasteiger partial charge in [0, 0.05) is 5.56 Å². The van der Waals surface area contributed by atoms with Gasteiger partial charge in [0.25, 0.3) is 0 Å². The molecule has 1 rings (SSSR count). The number of aliphatic hydroxyl groups excluding tert-OH is 3. The highest BCUT2D eigenvalue weighted by Gasteiger charge is 2.03. The van der Waals surface area contributed by atoms with Crippen LogP contribution in [0.25, 0.3) is 0 Å². The molecule has 0 aliphatic carbocycles. The van der Waals surface area contributed by atoms with Gasteiger partial charge in [-0.15, -0.1) is 0 Å². The molecule has 0 aliphatic heterocycles. The van der Waals surface area contributed by atoms with Gasteiger partial charge in [0.2, 0.25) is 1.43 Å². The minimum absolute atomic E-state index is 0.0335. The van der Waals surface area contributed by atoms with E-state index in [0.717, 1.165) is 12.8 Å². The number of rotatable bonds is 9. The molecule has 0 saturated carbocycles. The first-order valence-electron chi connectivity index (χ1n) is 6.39. The zero-order valence-electron chi connectivity index (χ0n) is 11.2. The highest BCUT2D eigenvalue weighted by Crippen LogP contribution is 2.16. The third-order valence-electron chi connectivity index (χ3n) is 2.57. The summed E-state index contributed by atoms with van der Waals surface area (Å²) in [5, 5.41) is 31.3. The largest absolute Gasteiger partial charge is 0.494 e. The van der Waals surface area contributed by atoms with Crippen LogP contribution in [0.1, 0.15) is 31.1 Å². The van der Waals surface area contributed by atoms with Gasteiger partial charge in [-0.1, -0.05) is 12.1 Å². The molecule has 4 N–H and O–H groups in total. The van der Waals surface area contributed by atoms with Crippen LogP contribution < -0.4 is 4.74 Å². The molecule has 18 heavy (non-hydrogen) atoms. The molecule has 1 atom stereocenters. The van der Waals surface area contributed by atoms with Crippen molar-refractivity contribution in [3.63, 3.8) is 0 Å². The van der Waals surface area contributed by atoms with Crippen LogP contribution in [-0.2, 0) is 0 Å². The molecule has 0 spiro atoms. The quantitative estimate of drug-likeness (QED) is 0.383. The van der Waals surface area contributed by atoms with Crippen molar-refractivity contribution in [2.75, 3.05) is 13.2 Å². The molecular formula is C13H20O5. The van der Waals surface area contributed by atoms with Crippen molar-refractivity contribution in [2.45, 2.75) is 31.7 Å². The van der Waals surface area contributed by atoms with Crippen LogP contribution >= 0.6 is 0 Å². The molecule has 0 heterocycles. The van der Waals surface area contributed by atoms with Gasteiger partial charge in [-0.2, -0.15) is 0 Å². The van der Waals surface area contributed by atoms with Gasteiger partial charge in [0.05, 0.1) is 19.3 Å². The highest BCUT2D eigenvalue weighted by atomic mass is 16.5. The van der Waals surface area contributed by atoms with E-state index in [9.17, 15) is 5.11 Å². The topological polar surface area (TPSA) is 90.2 Å². The Bertz CT molecular complexity index is 341. The van der Waals surface area contributed by atoms with E-state index in [4.69, 9.17) is 16.4 Å². The van der Waals surface area contributed by atoms with Crippen molar-refractivity contribution in [2.24, 2.45) is 0 Å². The smallest absolute Gasteiger partial charge is 0.210 e. The summed E-state index contributed by atoms with van der Waals surface area (Å²) in [5.74, 6) is 0.666. The summed E-state index contributed by atoms with van der Waals surface area (Å²) >= 11 is 0. The minimum atomic E-state index is -1.46. The first-order chi connectivity index (χ1) is 9.13. The second kappa shape index (κ2) is 8.05. The Kier molecular flexibility index (Phi) is 5.94. The van der Waals surface area contributed by atoms with Gasteiger partial charge in [0.15, 0.2) is 6.29 Å². The Morgan fingerprint density at radius 3 is 2.44 bits per heavy atom. The van der Waals surface area contributed by atoms with E-state index in [1.807, 2.05) is 0 Å². The van der Waals surface area contributed by atoms with Crippen molar-refractivity contribution in [3.05, 3.63) is 29.8 Å². The van der Waals surface area contributed by atoms with E-state index >= 15 is 0 Å². The Balaban J connectivity index is 2.15. The summed E-state index contributed by atoms with van der Waals surface area (Å²) < 4.78 is 12.0. The van der Waals surface area contributed by atoms with Crippen molar-refractivity contribution in [1.82, 2.24) is 0 Å². The lowest BCUT2D eigenvalue weighted by Crippen LogP contribution is -2.11. The van der Waals surface area contributed by atoms with Crippen LogP contribution in [-0.4, -0.2) is 41.2 Å². The lowest BCUT2D eigenvalue weighted by atomic mass is 10.2. The molecule has 0 amide bonds. The van der Waals surface area contributed by atoms with Crippen LogP contribution in [0.5, 0.6) is 5.75 Å². The first-order valence-corrected chi connectivity index (χ1v) is 5.98. The summed E-state index contributed by atoms with van der Waals surface area (Å²) in [6.07, 6.45) is 0.104. The average Bonchev–Trinajstić information content (AvgIpc) is 2.39. The van der Waals surface area contributed by atoms with Crippen molar-refractivity contribution in [3.8, 4) is 5.75 Å². The molecule has 5 nitrogen and oxygen atoms in total. The fourth-order valence-electron chi connectivity index (χ4n) is 1.49. The van der Waals surface area contributed by atoms with Gasteiger partial charge in [-0.05, 0) is 31.4 Å². The van der Waals surface area contributed by atoms with E-state index in [0.29, 0.717) is 24.3 Å². The molecule has 0 radical (unpaired) electrons. The second-order valence-corrected chi connectivity index (χ2v) is 4.11. The molecular weight excluding hydrogens is 236 g/mol. The van der Waals surface area contributed by atoms with Crippen LogP contribution in [0.15, 0.2) is 24.3 Å². The maximum atomic E-state index is 9.31. The number of benzene rings is 1. The number of ether oxygens (including phenoxy) is 1. The second-order valence-electron chi connectivity index (χ2n) is 4.11. The Morgan fingerprint density at radius 1 is 1.11 bits per heavy atom. The van der Waals surface area contributed by atoms with E-state index in [2.05, 4.69) is 5.11 Å². The van der Waals surface area contributed by atoms with Gasteiger partial charge in [-0.3, -0.25) is 0 Å². The molecule has 0 aromatic heterocycles. The maximum Gasteiger partial charge on any atom is 0.210 e. The third kappa shape index (κ3) is 5.46. The lowest BCUT2D eigenvalue weighted by Gasteiger charge is -2.09. The number of aliphatic hydroxyl groups is 4. The highest BCUT2D eigenvalue weighted by molar-refractivity contribution is 5.27. The standard InChI is InChI=1S/C13H20O5/c14-9-11(15)3-1-2-8-18-12-6-4-10(5-7-12)13(16)17/h4-7,11,13-17H,1-3,8-9H2/i14D. The lowest BCUT2D eigenvalue weighted by molar-refractivity contribution is -0.0425. The van der Waals surface area contributed by atoms with Crippen LogP contribution in [0, 0.1) is 0 Å². The number of hydrogen-bond donors (Lipinski definition) is 4. The van der Waals surface area contributed by atoms with E-state index < -0.39 is 12.4 Å². The number of unbranched alkanes of at least 4 members (excludes halogenated alkanes) is 1. The summed E-state index contributed by atoms with van der Waals surface area (Å²) in [7, 11) is 0. The SMILES string of the molecule is [2H]OCC(O)CCCCOc1ccc(C(O)O)cc1. The molecule has 0 saturated heterocycles. The Morgan fingerprint density at radius 2 is 1.83 bits per heavy atom. The monoisotopic (exact) mass is 257 g/mol. The predicted molar refractivity (Wildman–Crippen MR) is 66.1 cm³/mol. The fraction of sp³-hybridized carbons (Fsp3) is 0.538. The molecule has 1 aromatic rings. The van der Waals surface area contributed by atoms with Gasteiger partial charge >= 0.3 is 0 Å². The van der Waals surface area contributed by atoms with Crippen molar-refractivity contribution in [1.29, 1.82) is 1.43 Å². The maximum absolute atomic E-state index is 9.31. The molecule has 0 fully saturated rings. The Hall–Kier alpha value is -1.14. The molecule has 0 bridgehead atoms. The van der Waals surface area contributed by atoms with Crippen LogP contribution in [0.2, 0.25) is 0 Å². The molecule has 1 aromatic carbocycles. The zero-order valence-corrected chi connectivity index (χ0v) is 10.2. The van der Waals surface area contributed by atoms with Gasteiger partial charge in [0.1, 0.15) is 5.75 Å². The predicted octanol–water partition coefficient (Wildman–Crippen LogP) is 0.572. The molecule has 5 heteroatoms. The Labute approximate surface area is 108 Å². The first kappa shape index (κ1) is 13.3. The van der Waals surface area contributed by atoms with Gasteiger partial charge < -0.3 is 25.2 Å². The fourth-order valence-corrected chi connectivity index (χ4v) is 1.49. The molecule has 102 valence electrons. The zero-order chi connectivity index (χ0) is 14.1. The van der Waals surface area contributed by atoms with E-state index in [-0.39, 0.29) is 6.61 Å². The van der Waals surface area contributed by atoms with Gasteiger partial charge in [-0.25, -0.2) is 0 Å². The average molecular weight is 257 g/mol. The van der Waals surface area contributed by atoms with E-state index in [1.54, 1.807) is 24.3 Å². The normalized spacial score (nSPS) is 13.4. The third-order valence-corrected chi connectivity index (χ3v) is 2.57. The molecule has 1 unspecified atom stereocenters. The summed E-state index contributed by atoms with van der Waals surface area (Å²) in [5.41, 5.74) is 0.422. The van der Waals surface area contributed by atoms with Crippen molar-refractivity contribution >= 4 is 0 Å². The van der Waals surface area contributed by atoms with Crippen LogP contribution in [0.3, 0.4) is 0 Å². The van der Waals surface area contributed by atoms with Crippen LogP contribution in [0.4, 0.5) is 0 Å².